The third-order valence-electron chi connectivity index (χ3n) is 4.42. The standard InChI is InChI=1S/C19H19N5O/c1-13-20-9-7-17(21-13)18-22-16-8-10-24(12-15(16)19(25)23-18)11-14-5-3-2-4-6-14/h2-7,9H,8,10-12H2,1H3,(H,22,23,25). The maximum atomic E-state index is 12.6. The molecule has 1 aliphatic heterocycles. The zero-order valence-corrected chi connectivity index (χ0v) is 14.1. The van der Waals surface area contributed by atoms with E-state index in [0.29, 0.717) is 23.9 Å². The lowest BCUT2D eigenvalue weighted by atomic mass is 10.1. The van der Waals surface area contributed by atoms with Gasteiger partial charge in [0, 0.05) is 32.3 Å². The number of aromatic nitrogens is 4. The molecule has 25 heavy (non-hydrogen) atoms. The summed E-state index contributed by atoms with van der Waals surface area (Å²) in [5, 5.41) is 0. The number of rotatable bonds is 3. The number of nitrogens with zero attached hydrogens (tertiary/aromatic N) is 4. The average molecular weight is 333 g/mol. The van der Waals surface area contributed by atoms with E-state index in [4.69, 9.17) is 0 Å². The second-order valence-electron chi connectivity index (χ2n) is 6.28. The van der Waals surface area contributed by atoms with Crippen molar-refractivity contribution in [1.29, 1.82) is 0 Å². The Labute approximate surface area is 145 Å². The van der Waals surface area contributed by atoms with Crippen LogP contribution < -0.4 is 5.56 Å². The van der Waals surface area contributed by atoms with E-state index >= 15 is 0 Å². The van der Waals surface area contributed by atoms with Gasteiger partial charge in [-0.25, -0.2) is 15.0 Å². The van der Waals surface area contributed by atoms with Crippen molar-refractivity contribution in [2.45, 2.75) is 26.4 Å². The predicted molar refractivity (Wildman–Crippen MR) is 94.9 cm³/mol. The first-order valence-electron chi connectivity index (χ1n) is 8.37. The first-order chi connectivity index (χ1) is 12.2. The highest BCUT2D eigenvalue weighted by atomic mass is 16.1. The van der Waals surface area contributed by atoms with Crippen LogP contribution in [0.2, 0.25) is 0 Å². The summed E-state index contributed by atoms with van der Waals surface area (Å²) in [5.74, 6) is 1.18. The van der Waals surface area contributed by atoms with Gasteiger partial charge in [-0.15, -0.1) is 0 Å². The fourth-order valence-corrected chi connectivity index (χ4v) is 3.17. The molecular weight excluding hydrogens is 314 g/mol. The maximum Gasteiger partial charge on any atom is 0.255 e. The van der Waals surface area contributed by atoms with E-state index in [2.05, 4.69) is 37.0 Å². The lowest BCUT2D eigenvalue weighted by Gasteiger charge is -2.27. The fraction of sp³-hybridized carbons (Fsp3) is 0.263. The van der Waals surface area contributed by atoms with E-state index in [1.165, 1.54) is 5.56 Å². The molecular formula is C19H19N5O. The van der Waals surface area contributed by atoms with E-state index < -0.39 is 0 Å². The molecule has 0 radical (unpaired) electrons. The summed E-state index contributed by atoms with van der Waals surface area (Å²) >= 11 is 0. The number of benzene rings is 1. The summed E-state index contributed by atoms with van der Waals surface area (Å²) in [5.41, 5.74) is 3.47. The van der Waals surface area contributed by atoms with Crippen molar-refractivity contribution in [2.75, 3.05) is 6.54 Å². The van der Waals surface area contributed by atoms with Crippen LogP contribution in [0, 0.1) is 6.92 Å². The number of H-pyrrole nitrogens is 1. The smallest absolute Gasteiger partial charge is 0.255 e. The second-order valence-corrected chi connectivity index (χ2v) is 6.28. The minimum absolute atomic E-state index is 0.0750. The van der Waals surface area contributed by atoms with E-state index in [-0.39, 0.29) is 5.56 Å². The maximum absolute atomic E-state index is 12.6. The molecule has 0 aliphatic carbocycles. The molecule has 126 valence electrons. The van der Waals surface area contributed by atoms with Crippen LogP contribution >= 0.6 is 0 Å². The van der Waals surface area contributed by atoms with Crippen molar-refractivity contribution in [2.24, 2.45) is 0 Å². The zero-order valence-electron chi connectivity index (χ0n) is 14.1. The third kappa shape index (κ3) is 3.34. The van der Waals surface area contributed by atoms with E-state index in [1.807, 2.05) is 25.1 Å². The number of aryl methyl sites for hydroxylation is 1. The highest BCUT2D eigenvalue weighted by Crippen LogP contribution is 2.19. The predicted octanol–water partition coefficient (Wildman–Crippen LogP) is 2.09. The molecule has 0 amide bonds. The Morgan fingerprint density at radius 1 is 1.16 bits per heavy atom. The summed E-state index contributed by atoms with van der Waals surface area (Å²) in [7, 11) is 0. The van der Waals surface area contributed by atoms with Crippen LogP contribution in [0.5, 0.6) is 0 Å². The Kier molecular flexibility index (Phi) is 4.11. The van der Waals surface area contributed by atoms with Crippen LogP contribution in [0.4, 0.5) is 0 Å². The first-order valence-corrected chi connectivity index (χ1v) is 8.37. The molecule has 0 atom stereocenters. The van der Waals surface area contributed by atoms with Gasteiger partial charge in [0.15, 0.2) is 5.82 Å². The van der Waals surface area contributed by atoms with Crippen LogP contribution in [0.3, 0.4) is 0 Å². The molecule has 0 unspecified atom stereocenters. The second kappa shape index (κ2) is 6.57. The molecule has 2 aromatic heterocycles. The number of hydrogen-bond donors (Lipinski definition) is 1. The van der Waals surface area contributed by atoms with Crippen LogP contribution in [0.25, 0.3) is 11.5 Å². The van der Waals surface area contributed by atoms with E-state index in [9.17, 15) is 4.79 Å². The monoisotopic (exact) mass is 333 g/mol. The highest BCUT2D eigenvalue weighted by Gasteiger charge is 2.21. The molecule has 0 saturated heterocycles. The number of hydrogen-bond acceptors (Lipinski definition) is 5. The topological polar surface area (TPSA) is 74.8 Å². The van der Waals surface area contributed by atoms with Gasteiger partial charge in [0.05, 0.1) is 11.3 Å². The Hall–Kier alpha value is -2.86. The molecule has 0 spiro atoms. The summed E-state index contributed by atoms with van der Waals surface area (Å²) in [6.45, 7) is 4.17. The van der Waals surface area contributed by atoms with Crippen molar-refractivity contribution >= 4 is 0 Å². The van der Waals surface area contributed by atoms with Crippen LogP contribution in [0.15, 0.2) is 47.4 Å². The molecule has 1 N–H and O–H groups in total. The van der Waals surface area contributed by atoms with Gasteiger partial charge in [0.1, 0.15) is 11.5 Å². The highest BCUT2D eigenvalue weighted by molar-refractivity contribution is 5.49. The van der Waals surface area contributed by atoms with Crippen molar-refractivity contribution in [1.82, 2.24) is 24.8 Å². The Balaban J connectivity index is 1.60. The normalized spacial score (nSPS) is 14.3. The molecule has 4 rings (SSSR count). The van der Waals surface area contributed by atoms with Crippen molar-refractivity contribution < 1.29 is 0 Å². The van der Waals surface area contributed by atoms with E-state index in [0.717, 1.165) is 30.8 Å². The molecule has 1 aliphatic rings. The van der Waals surface area contributed by atoms with Crippen LogP contribution in [-0.4, -0.2) is 31.4 Å². The third-order valence-corrected chi connectivity index (χ3v) is 4.42. The van der Waals surface area contributed by atoms with Gasteiger partial charge in [0.25, 0.3) is 5.56 Å². The zero-order chi connectivity index (χ0) is 17.2. The Morgan fingerprint density at radius 3 is 2.80 bits per heavy atom. The Bertz CT molecular complexity index is 952. The molecule has 0 saturated carbocycles. The summed E-state index contributed by atoms with van der Waals surface area (Å²) in [6.07, 6.45) is 2.45. The average Bonchev–Trinajstić information content (AvgIpc) is 2.63. The van der Waals surface area contributed by atoms with Crippen molar-refractivity contribution in [3.8, 4) is 11.5 Å². The summed E-state index contributed by atoms with van der Waals surface area (Å²) < 4.78 is 0. The first kappa shape index (κ1) is 15.7. The van der Waals surface area contributed by atoms with Crippen LogP contribution in [0.1, 0.15) is 22.6 Å². The van der Waals surface area contributed by atoms with Gasteiger partial charge in [-0.2, -0.15) is 0 Å². The largest absolute Gasteiger partial charge is 0.305 e. The Morgan fingerprint density at radius 2 is 2.00 bits per heavy atom. The van der Waals surface area contributed by atoms with Gasteiger partial charge in [-0.3, -0.25) is 9.69 Å². The van der Waals surface area contributed by atoms with E-state index in [1.54, 1.807) is 12.3 Å². The van der Waals surface area contributed by atoms with Gasteiger partial charge in [-0.1, -0.05) is 30.3 Å². The lowest BCUT2D eigenvalue weighted by Crippen LogP contribution is -2.35. The molecule has 3 aromatic rings. The van der Waals surface area contributed by atoms with Crippen molar-refractivity contribution in [3.05, 3.63) is 75.6 Å². The summed E-state index contributed by atoms with van der Waals surface area (Å²) in [4.78, 5) is 30.8. The quantitative estimate of drug-likeness (QED) is 0.794. The summed E-state index contributed by atoms with van der Waals surface area (Å²) in [6, 6.07) is 12.1. The molecule has 0 fully saturated rings. The number of fused-ring (bicyclic) bond motifs is 1. The SMILES string of the molecule is Cc1nccc(-c2nc3c(c(=O)[nH]2)CN(Cc2ccccc2)CC3)n1. The molecule has 0 bridgehead atoms. The number of aromatic amines is 1. The van der Waals surface area contributed by atoms with Gasteiger partial charge in [-0.05, 0) is 18.6 Å². The minimum Gasteiger partial charge on any atom is -0.305 e. The van der Waals surface area contributed by atoms with Crippen LogP contribution in [-0.2, 0) is 19.5 Å². The van der Waals surface area contributed by atoms with Gasteiger partial charge >= 0.3 is 0 Å². The van der Waals surface area contributed by atoms with Gasteiger partial charge < -0.3 is 4.98 Å². The fourth-order valence-electron chi connectivity index (χ4n) is 3.17. The van der Waals surface area contributed by atoms with Crippen molar-refractivity contribution in [3.63, 3.8) is 0 Å². The molecule has 6 heteroatoms. The molecule has 6 nitrogen and oxygen atoms in total. The minimum atomic E-state index is -0.0750. The van der Waals surface area contributed by atoms with Gasteiger partial charge in [0.2, 0.25) is 0 Å². The molecule has 1 aromatic carbocycles. The molecule has 3 heterocycles. The lowest BCUT2D eigenvalue weighted by molar-refractivity contribution is 0.242. The number of nitrogens with one attached hydrogen (secondary N) is 1.